The first-order valence-electron chi connectivity index (χ1n) is 25.4. The molecule has 0 N–H and O–H groups in total. The molecule has 68 heavy (non-hydrogen) atoms. The second-order valence-electron chi connectivity index (χ2n) is 23.7. The van der Waals surface area contributed by atoms with Crippen molar-refractivity contribution in [1.29, 1.82) is 0 Å². The molecule has 374 valence electrons. The van der Waals surface area contributed by atoms with Crippen LogP contribution in [0.4, 0.5) is 0 Å². The average Bonchev–Trinajstić information content (AvgIpc) is 3.21. The predicted octanol–water partition coefficient (Wildman–Crippen LogP) is 13.0. The molecule has 10 bridgehead atoms. The lowest BCUT2D eigenvalue weighted by Gasteiger charge is -2.30. The third-order valence-corrected chi connectivity index (χ3v) is 12.7. The van der Waals surface area contributed by atoms with Gasteiger partial charge < -0.3 is 37.9 Å². The number of rotatable bonds is 4. The summed E-state index contributed by atoms with van der Waals surface area (Å²) < 4.78 is 52.2. The van der Waals surface area contributed by atoms with Crippen LogP contribution in [0.25, 0.3) is 0 Å². The zero-order chi connectivity index (χ0) is 49.6. The first-order valence-corrected chi connectivity index (χ1v) is 25.4. The Balaban J connectivity index is 1.76. The van der Waals surface area contributed by atoms with E-state index in [0.29, 0.717) is 91.8 Å². The molecular weight excluding hydrogens is 849 g/mol. The zero-order valence-electron chi connectivity index (χ0n) is 44.9. The van der Waals surface area contributed by atoms with Gasteiger partial charge in [-0.3, -0.25) is 0 Å². The second kappa shape index (κ2) is 22.3. The summed E-state index contributed by atoms with van der Waals surface area (Å²) in [5.41, 5.74) is 13.5. The molecule has 0 aromatic heterocycles. The van der Waals surface area contributed by atoms with Gasteiger partial charge in [-0.25, -0.2) is 0 Å². The summed E-state index contributed by atoms with van der Waals surface area (Å²) in [5.74, 6) is 3.63. The monoisotopic (exact) mass is 935 g/mol. The van der Waals surface area contributed by atoms with E-state index in [1.807, 2.05) is 0 Å². The van der Waals surface area contributed by atoms with Gasteiger partial charge in [0.1, 0.15) is 36.2 Å². The molecule has 0 amide bonds. The van der Waals surface area contributed by atoms with E-state index in [2.05, 4.69) is 159 Å². The van der Waals surface area contributed by atoms with Crippen molar-refractivity contribution in [3.8, 4) is 23.0 Å². The van der Waals surface area contributed by atoms with Gasteiger partial charge in [-0.05, 0) is 116 Å². The molecular formula is C60H86O8. The summed E-state index contributed by atoms with van der Waals surface area (Å²) >= 11 is 0. The Bertz CT molecular complexity index is 2050. The maximum Gasteiger partial charge on any atom is 0.126 e. The molecule has 8 heteroatoms. The molecule has 0 atom stereocenters. The number of hydrogen-bond acceptors (Lipinski definition) is 8. The van der Waals surface area contributed by atoms with Crippen molar-refractivity contribution in [2.75, 3.05) is 66.1 Å². The fourth-order valence-corrected chi connectivity index (χ4v) is 8.93. The Kier molecular flexibility index (Phi) is 17.5. The van der Waals surface area contributed by atoms with Crippen LogP contribution >= 0.6 is 0 Å². The molecule has 0 spiro atoms. The van der Waals surface area contributed by atoms with E-state index < -0.39 is 0 Å². The molecule has 8 nitrogen and oxygen atoms in total. The first kappa shape index (κ1) is 53.3. The Morgan fingerprint density at radius 1 is 0.324 bits per heavy atom. The largest absolute Gasteiger partial charge is 0.491 e. The quantitative estimate of drug-likeness (QED) is 0.176. The summed E-state index contributed by atoms with van der Waals surface area (Å²) in [7, 11) is 0. The normalized spacial score (nSPS) is 16.6. The Morgan fingerprint density at radius 2 is 0.529 bits per heavy atom. The Hall–Kier alpha value is -4.08. The van der Waals surface area contributed by atoms with Gasteiger partial charge in [-0.2, -0.15) is 0 Å². The smallest absolute Gasteiger partial charge is 0.126 e. The fourth-order valence-electron chi connectivity index (χ4n) is 8.93. The predicted molar refractivity (Wildman–Crippen MR) is 278 cm³/mol. The van der Waals surface area contributed by atoms with Crippen molar-refractivity contribution in [2.24, 2.45) is 0 Å². The van der Waals surface area contributed by atoms with Crippen LogP contribution < -0.4 is 18.9 Å². The van der Waals surface area contributed by atoms with Gasteiger partial charge in [-0.15, -0.1) is 0 Å². The van der Waals surface area contributed by atoms with Gasteiger partial charge in [0, 0.05) is 25.7 Å². The van der Waals surface area contributed by atoms with Crippen molar-refractivity contribution >= 4 is 0 Å². The van der Waals surface area contributed by atoms with Gasteiger partial charge in [0.25, 0.3) is 0 Å². The molecule has 1 aliphatic carbocycles. The molecule has 0 radical (unpaired) electrons. The Labute approximate surface area is 411 Å². The minimum absolute atomic E-state index is 0.0577. The summed E-state index contributed by atoms with van der Waals surface area (Å²) in [6.07, 6.45) is 2.32. The van der Waals surface area contributed by atoms with Crippen molar-refractivity contribution in [2.45, 2.75) is 170 Å². The summed E-state index contributed by atoms with van der Waals surface area (Å²) in [6.45, 7) is 40.6. The summed E-state index contributed by atoms with van der Waals surface area (Å²) in [5, 5.41) is 0. The second-order valence-corrected chi connectivity index (χ2v) is 23.7. The molecule has 4 aromatic carbocycles. The molecule has 2 aliphatic rings. The molecule has 0 saturated heterocycles. The fraction of sp³-hybridized carbons (Fsp3) is 0.600. The van der Waals surface area contributed by atoms with Gasteiger partial charge in [0.15, 0.2) is 0 Å². The van der Waals surface area contributed by atoms with Gasteiger partial charge in [-0.1, -0.05) is 132 Å². The van der Waals surface area contributed by atoms with Crippen LogP contribution in [0.3, 0.4) is 0 Å². The number of hydrogen-bond donors (Lipinski definition) is 0. The summed E-state index contributed by atoms with van der Waals surface area (Å²) in [4.78, 5) is 0. The SMILES string of the molecule is CC(C)Oc1c2cc(C(C)(C)C)cc1Cc1cc(C(C)(C)C)cc3c1OCCOCCOCCOCCOCCOc1c(cc(C(C)(C)C)cc1Cc1cc(C(C)(C)C)cc(c1OC(C)C)C3)C2. The third kappa shape index (κ3) is 14.3. The highest BCUT2D eigenvalue weighted by Gasteiger charge is 2.30. The molecule has 6 rings (SSSR count). The summed E-state index contributed by atoms with van der Waals surface area (Å²) in [6, 6.07) is 19.1. The highest BCUT2D eigenvalue weighted by Crippen LogP contribution is 2.44. The minimum atomic E-state index is -0.142. The van der Waals surface area contributed by atoms with Crippen molar-refractivity contribution in [3.63, 3.8) is 0 Å². The highest BCUT2D eigenvalue weighted by atomic mass is 16.6. The van der Waals surface area contributed by atoms with Crippen LogP contribution in [-0.2, 0) is 66.3 Å². The molecule has 1 aliphatic heterocycles. The van der Waals surface area contributed by atoms with E-state index in [1.165, 1.54) is 22.3 Å². The number of fused-ring (bicyclic) bond motifs is 2. The van der Waals surface area contributed by atoms with E-state index in [4.69, 9.17) is 37.9 Å². The lowest BCUT2D eigenvalue weighted by Crippen LogP contribution is -2.19. The van der Waals surface area contributed by atoms with Crippen LogP contribution in [0.5, 0.6) is 23.0 Å². The van der Waals surface area contributed by atoms with E-state index in [1.54, 1.807) is 0 Å². The lowest BCUT2D eigenvalue weighted by molar-refractivity contribution is -0.00706. The van der Waals surface area contributed by atoms with Crippen molar-refractivity contribution in [1.82, 2.24) is 0 Å². The molecule has 0 fully saturated rings. The van der Waals surface area contributed by atoms with E-state index >= 15 is 0 Å². The molecule has 0 unspecified atom stereocenters. The van der Waals surface area contributed by atoms with Gasteiger partial charge >= 0.3 is 0 Å². The maximum absolute atomic E-state index is 7.07. The van der Waals surface area contributed by atoms with Crippen LogP contribution in [0.15, 0.2) is 48.5 Å². The van der Waals surface area contributed by atoms with Gasteiger partial charge in [0.2, 0.25) is 0 Å². The van der Waals surface area contributed by atoms with Crippen LogP contribution in [0.1, 0.15) is 178 Å². The maximum atomic E-state index is 7.07. The minimum Gasteiger partial charge on any atom is -0.491 e. The molecule has 0 saturated carbocycles. The third-order valence-electron chi connectivity index (χ3n) is 12.7. The van der Waals surface area contributed by atoms with Crippen LogP contribution in [0.2, 0.25) is 0 Å². The number of ether oxygens (including phenoxy) is 8. The van der Waals surface area contributed by atoms with Gasteiger partial charge in [0.05, 0.1) is 65.1 Å². The first-order chi connectivity index (χ1) is 31.9. The van der Waals surface area contributed by atoms with E-state index in [0.717, 1.165) is 67.5 Å². The van der Waals surface area contributed by atoms with Crippen molar-refractivity contribution < 1.29 is 37.9 Å². The zero-order valence-corrected chi connectivity index (χ0v) is 44.9. The average molecular weight is 935 g/mol. The lowest BCUT2D eigenvalue weighted by atomic mass is 9.79. The Morgan fingerprint density at radius 3 is 0.735 bits per heavy atom. The van der Waals surface area contributed by atoms with E-state index in [-0.39, 0.29) is 33.9 Å². The highest BCUT2D eigenvalue weighted by molar-refractivity contribution is 5.60. The van der Waals surface area contributed by atoms with E-state index in [9.17, 15) is 0 Å². The van der Waals surface area contributed by atoms with Crippen LogP contribution in [-0.4, -0.2) is 78.3 Å². The standard InChI is InChI=1S/C60H86O8/c1-39(2)67-55-45-27-41-31-49(57(5,6)7)33-43-29-47-37-52(60(14,15)16)38-48(56(47)68-40(3)4)30-44-34-50(58(8,9)10)32-42(28-46(55)36-51(35-45)59(11,12)13)54(44)66-26-24-64-22-20-62-18-17-61-19-21-63-23-25-65-53(41)43/h31-40H,17-30H2,1-16H3. The van der Waals surface area contributed by atoms with Crippen LogP contribution in [0, 0.1) is 0 Å². The topological polar surface area (TPSA) is 73.8 Å². The van der Waals surface area contributed by atoms with Crippen molar-refractivity contribution in [3.05, 3.63) is 115 Å². The molecule has 4 aromatic rings. The molecule has 1 heterocycles. The number of benzene rings is 4.